The van der Waals surface area contributed by atoms with E-state index in [2.05, 4.69) is 10.2 Å². The molecule has 1 aliphatic rings. The normalized spacial score (nSPS) is 15.4. The molecule has 0 amide bonds. The number of hydrogen-bond donors (Lipinski definition) is 1. The van der Waals surface area contributed by atoms with Gasteiger partial charge in [-0.25, -0.2) is 0 Å². The summed E-state index contributed by atoms with van der Waals surface area (Å²) in [5, 5.41) is 4.06. The van der Waals surface area contributed by atoms with Crippen LogP contribution in [0.4, 0.5) is 0 Å². The first-order valence-corrected chi connectivity index (χ1v) is 8.91. The SMILES string of the molecule is O=C(CC(NC(=S)N1CCOCC1)c1ccccc1)c1ccccc1. The van der Waals surface area contributed by atoms with Gasteiger partial charge in [-0.1, -0.05) is 60.7 Å². The molecule has 1 heterocycles. The van der Waals surface area contributed by atoms with E-state index in [0.717, 1.165) is 24.2 Å². The average molecular weight is 354 g/mol. The Balaban J connectivity index is 1.73. The minimum atomic E-state index is -0.149. The first kappa shape index (κ1) is 17.6. The lowest BCUT2D eigenvalue weighted by atomic mass is 9.98. The fourth-order valence-corrected chi connectivity index (χ4v) is 3.20. The Morgan fingerprint density at radius 2 is 1.64 bits per heavy atom. The van der Waals surface area contributed by atoms with E-state index in [1.807, 2.05) is 60.7 Å². The fraction of sp³-hybridized carbons (Fsp3) is 0.300. The maximum atomic E-state index is 12.7. The second kappa shape index (κ2) is 8.74. The summed E-state index contributed by atoms with van der Waals surface area (Å²) < 4.78 is 5.38. The summed E-state index contributed by atoms with van der Waals surface area (Å²) in [6.07, 6.45) is 0.360. The van der Waals surface area contributed by atoms with Crippen LogP contribution in [-0.2, 0) is 4.74 Å². The van der Waals surface area contributed by atoms with E-state index in [0.29, 0.717) is 24.7 Å². The third-order valence-electron chi connectivity index (χ3n) is 4.28. The summed E-state index contributed by atoms with van der Waals surface area (Å²) in [4.78, 5) is 14.8. The highest BCUT2D eigenvalue weighted by Crippen LogP contribution is 2.20. The van der Waals surface area contributed by atoms with Crippen LogP contribution < -0.4 is 5.32 Å². The molecule has 1 aliphatic heterocycles. The van der Waals surface area contributed by atoms with Crippen LogP contribution in [-0.4, -0.2) is 42.1 Å². The van der Waals surface area contributed by atoms with Gasteiger partial charge >= 0.3 is 0 Å². The van der Waals surface area contributed by atoms with Crippen molar-refractivity contribution in [1.82, 2.24) is 10.2 Å². The van der Waals surface area contributed by atoms with Gasteiger partial charge in [0, 0.05) is 25.1 Å². The summed E-state index contributed by atoms with van der Waals surface area (Å²) in [7, 11) is 0. The number of ketones is 1. The zero-order chi connectivity index (χ0) is 17.5. The molecule has 2 aromatic carbocycles. The number of thiocarbonyl (C=S) groups is 1. The molecule has 5 heteroatoms. The van der Waals surface area contributed by atoms with Gasteiger partial charge in [-0.2, -0.15) is 0 Å². The Labute approximate surface area is 153 Å². The van der Waals surface area contributed by atoms with Crippen LogP contribution in [0, 0.1) is 0 Å². The molecule has 1 fully saturated rings. The number of benzene rings is 2. The van der Waals surface area contributed by atoms with Crippen molar-refractivity contribution in [3.05, 3.63) is 71.8 Å². The van der Waals surface area contributed by atoms with Crippen molar-refractivity contribution in [2.75, 3.05) is 26.3 Å². The largest absolute Gasteiger partial charge is 0.378 e. The van der Waals surface area contributed by atoms with Gasteiger partial charge in [-0.15, -0.1) is 0 Å². The molecule has 3 rings (SSSR count). The van der Waals surface area contributed by atoms with Crippen LogP contribution in [0.15, 0.2) is 60.7 Å². The van der Waals surface area contributed by atoms with E-state index in [4.69, 9.17) is 17.0 Å². The highest BCUT2D eigenvalue weighted by Gasteiger charge is 2.21. The van der Waals surface area contributed by atoms with Gasteiger partial charge < -0.3 is 15.0 Å². The molecule has 1 N–H and O–H groups in total. The Morgan fingerprint density at radius 3 is 2.28 bits per heavy atom. The molecule has 1 unspecified atom stereocenters. The Hall–Kier alpha value is -2.24. The van der Waals surface area contributed by atoms with E-state index in [1.54, 1.807) is 0 Å². The molecule has 0 spiro atoms. The fourth-order valence-electron chi connectivity index (χ4n) is 2.87. The van der Waals surface area contributed by atoms with Crippen molar-refractivity contribution in [1.29, 1.82) is 0 Å². The highest BCUT2D eigenvalue weighted by molar-refractivity contribution is 7.80. The predicted molar refractivity (Wildman–Crippen MR) is 103 cm³/mol. The first-order valence-electron chi connectivity index (χ1n) is 8.50. The number of morpholine rings is 1. The maximum Gasteiger partial charge on any atom is 0.169 e. The number of nitrogens with one attached hydrogen (secondary N) is 1. The van der Waals surface area contributed by atoms with Crippen LogP contribution in [0.1, 0.15) is 28.4 Å². The second-order valence-electron chi connectivity index (χ2n) is 6.01. The monoisotopic (exact) mass is 354 g/mol. The van der Waals surface area contributed by atoms with Gasteiger partial charge in [0.05, 0.1) is 19.3 Å². The molecule has 0 bridgehead atoms. The molecular formula is C20H22N2O2S. The molecule has 4 nitrogen and oxygen atoms in total. The lowest BCUT2D eigenvalue weighted by Gasteiger charge is -2.32. The number of carbonyl (C=O) groups excluding carboxylic acids is 1. The summed E-state index contributed by atoms with van der Waals surface area (Å²) in [5.41, 5.74) is 1.78. The van der Waals surface area contributed by atoms with Crippen LogP contribution in [0.25, 0.3) is 0 Å². The molecule has 25 heavy (non-hydrogen) atoms. The Bertz CT molecular complexity index is 700. The molecule has 1 atom stereocenters. The van der Waals surface area contributed by atoms with Crippen LogP contribution >= 0.6 is 12.2 Å². The van der Waals surface area contributed by atoms with Crippen molar-refractivity contribution in [2.24, 2.45) is 0 Å². The van der Waals surface area contributed by atoms with Crippen molar-refractivity contribution in [3.8, 4) is 0 Å². The topological polar surface area (TPSA) is 41.6 Å². The zero-order valence-electron chi connectivity index (χ0n) is 14.1. The third kappa shape index (κ3) is 4.87. The minimum Gasteiger partial charge on any atom is -0.378 e. The van der Waals surface area contributed by atoms with Crippen molar-refractivity contribution < 1.29 is 9.53 Å². The third-order valence-corrected chi connectivity index (χ3v) is 4.66. The predicted octanol–water partition coefficient (Wildman–Crippen LogP) is 3.21. The maximum absolute atomic E-state index is 12.7. The van der Waals surface area contributed by atoms with E-state index in [9.17, 15) is 4.79 Å². The van der Waals surface area contributed by atoms with Gasteiger partial charge in [0.2, 0.25) is 0 Å². The smallest absolute Gasteiger partial charge is 0.169 e. The van der Waals surface area contributed by atoms with E-state index in [-0.39, 0.29) is 11.8 Å². The number of rotatable bonds is 5. The standard InChI is InChI=1S/C20H22N2O2S/c23-19(17-9-5-2-6-10-17)15-18(16-7-3-1-4-8-16)21-20(25)22-11-13-24-14-12-22/h1-10,18H,11-15H2,(H,21,25). The highest BCUT2D eigenvalue weighted by atomic mass is 32.1. The average Bonchev–Trinajstić information content (AvgIpc) is 2.69. The number of nitrogens with zero attached hydrogens (tertiary/aromatic N) is 1. The minimum absolute atomic E-state index is 0.103. The van der Waals surface area contributed by atoms with Crippen molar-refractivity contribution >= 4 is 23.1 Å². The molecule has 0 saturated carbocycles. The quantitative estimate of drug-likeness (QED) is 0.660. The molecular weight excluding hydrogens is 332 g/mol. The van der Waals surface area contributed by atoms with Crippen molar-refractivity contribution in [2.45, 2.75) is 12.5 Å². The lowest BCUT2D eigenvalue weighted by Crippen LogP contribution is -2.47. The summed E-state index contributed by atoms with van der Waals surface area (Å²) in [6.45, 7) is 2.92. The van der Waals surface area contributed by atoms with Crippen molar-refractivity contribution in [3.63, 3.8) is 0 Å². The van der Waals surface area contributed by atoms with Gasteiger partial charge in [-0.3, -0.25) is 4.79 Å². The van der Waals surface area contributed by atoms with E-state index in [1.165, 1.54) is 0 Å². The van der Waals surface area contributed by atoms with Gasteiger partial charge in [0.1, 0.15) is 0 Å². The van der Waals surface area contributed by atoms with Crippen LogP contribution in [0.2, 0.25) is 0 Å². The molecule has 0 aliphatic carbocycles. The Morgan fingerprint density at radius 1 is 1.04 bits per heavy atom. The molecule has 0 radical (unpaired) electrons. The van der Waals surface area contributed by atoms with E-state index >= 15 is 0 Å². The number of ether oxygens (including phenoxy) is 1. The lowest BCUT2D eigenvalue weighted by molar-refractivity contribution is 0.0672. The number of carbonyl (C=O) groups is 1. The summed E-state index contributed by atoms with van der Waals surface area (Å²) in [5.74, 6) is 0.103. The van der Waals surface area contributed by atoms with Crippen LogP contribution in [0.3, 0.4) is 0 Å². The first-order chi connectivity index (χ1) is 12.2. The van der Waals surface area contributed by atoms with Gasteiger partial charge in [-0.05, 0) is 17.8 Å². The molecule has 0 aromatic heterocycles. The molecule has 2 aromatic rings. The van der Waals surface area contributed by atoms with Crippen LogP contribution in [0.5, 0.6) is 0 Å². The summed E-state index contributed by atoms with van der Waals surface area (Å²) in [6, 6.07) is 19.2. The Kier molecular flexibility index (Phi) is 6.14. The molecule has 1 saturated heterocycles. The second-order valence-corrected chi connectivity index (χ2v) is 6.39. The zero-order valence-corrected chi connectivity index (χ0v) is 14.9. The number of hydrogen-bond acceptors (Lipinski definition) is 3. The molecule has 130 valence electrons. The van der Waals surface area contributed by atoms with Gasteiger partial charge in [0.15, 0.2) is 10.9 Å². The number of Topliss-reactive ketones (excluding diaryl/α,β-unsaturated/α-hetero) is 1. The summed E-state index contributed by atoms with van der Waals surface area (Å²) >= 11 is 5.57. The van der Waals surface area contributed by atoms with Gasteiger partial charge in [0.25, 0.3) is 0 Å². The van der Waals surface area contributed by atoms with E-state index < -0.39 is 0 Å².